The molecule has 6 nitrogen and oxygen atoms in total. The molecule has 3 rings (SSSR count). The molecule has 0 amide bonds. The van der Waals surface area contributed by atoms with Gasteiger partial charge in [0.25, 0.3) is 5.56 Å². The molecule has 2 heterocycles. The third-order valence-electron chi connectivity index (χ3n) is 3.88. The fraction of sp³-hybridized carbons (Fsp3) is 0.375. The third-order valence-corrected chi connectivity index (χ3v) is 3.88. The topological polar surface area (TPSA) is 59.4 Å². The Morgan fingerprint density at radius 2 is 1.84 bits per heavy atom. The first-order valence-corrected chi connectivity index (χ1v) is 7.84. The van der Waals surface area contributed by atoms with Crippen molar-refractivity contribution in [2.75, 3.05) is 37.7 Å². The van der Waals surface area contributed by atoms with E-state index in [1.165, 1.54) is 17.0 Å². The predicted octanol–water partition coefficient (Wildman–Crippen LogP) is 1.15. The summed E-state index contributed by atoms with van der Waals surface area (Å²) in [6, 6.07) is 1.07. The Balaban J connectivity index is 1.67. The second-order valence-electron chi connectivity index (χ2n) is 5.53. The summed E-state index contributed by atoms with van der Waals surface area (Å²) in [6.45, 7) is 2.96. The fourth-order valence-corrected chi connectivity index (χ4v) is 2.57. The molecule has 0 unspecified atom stereocenters. The Hall–Kier alpha value is -2.55. The summed E-state index contributed by atoms with van der Waals surface area (Å²) in [5.74, 6) is -3.52. The minimum atomic E-state index is -1.28. The van der Waals surface area contributed by atoms with Gasteiger partial charge in [-0.1, -0.05) is 0 Å². The molecule has 134 valence electrons. The number of piperazine rings is 1. The summed E-state index contributed by atoms with van der Waals surface area (Å²) < 4.78 is 46.1. The first-order valence-electron chi connectivity index (χ1n) is 7.84. The molecule has 9 heteroatoms. The Morgan fingerprint density at radius 3 is 2.60 bits per heavy atom. The maximum Gasteiger partial charge on any atom is 0.293 e. The molecule has 1 N–H and O–H groups in total. The van der Waals surface area contributed by atoms with Crippen molar-refractivity contribution in [2.24, 2.45) is 0 Å². The van der Waals surface area contributed by atoms with Crippen molar-refractivity contribution < 1.29 is 17.9 Å². The van der Waals surface area contributed by atoms with Crippen molar-refractivity contribution in [1.82, 2.24) is 14.9 Å². The van der Waals surface area contributed by atoms with E-state index in [4.69, 9.17) is 4.74 Å². The van der Waals surface area contributed by atoms with Gasteiger partial charge in [-0.25, -0.2) is 18.2 Å². The van der Waals surface area contributed by atoms with E-state index in [0.717, 1.165) is 13.1 Å². The van der Waals surface area contributed by atoms with Crippen LogP contribution in [0.15, 0.2) is 29.3 Å². The Labute approximate surface area is 141 Å². The molecule has 0 aliphatic carbocycles. The van der Waals surface area contributed by atoms with Crippen LogP contribution in [0.2, 0.25) is 0 Å². The number of nitrogens with zero attached hydrogens (tertiary/aromatic N) is 3. The Morgan fingerprint density at radius 1 is 1.12 bits per heavy atom. The molecular weight excluding hydrogens is 337 g/mol. The summed E-state index contributed by atoms with van der Waals surface area (Å²) >= 11 is 0. The highest BCUT2D eigenvalue weighted by molar-refractivity contribution is 5.36. The highest BCUT2D eigenvalue weighted by Gasteiger charge is 2.16. The average molecular weight is 354 g/mol. The minimum absolute atomic E-state index is 0.0765. The lowest BCUT2D eigenvalue weighted by atomic mass is 10.3. The zero-order chi connectivity index (χ0) is 17.8. The third kappa shape index (κ3) is 3.93. The largest absolute Gasteiger partial charge is 0.489 e. The quantitative estimate of drug-likeness (QED) is 0.817. The number of nitrogens with one attached hydrogen (secondary N) is 1. The number of anilines is 1. The van der Waals surface area contributed by atoms with Gasteiger partial charge in [0.15, 0.2) is 29.0 Å². The second kappa shape index (κ2) is 7.56. The molecule has 2 aromatic rings. The molecule has 1 fully saturated rings. The number of benzene rings is 1. The highest BCUT2D eigenvalue weighted by Crippen LogP contribution is 2.20. The van der Waals surface area contributed by atoms with Crippen molar-refractivity contribution in [3.63, 3.8) is 0 Å². The second-order valence-corrected chi connectivity index (χ2v) is 5.53. The van der Waals surface area contributed by atoms with Crippen LogP contribution in [0.5, 0.6) is 5.75 Å². The van der Waals surface area contributed by atoms with Crippen LogP contribution in [0.3, 0.4) is 0 Å². The lowest BCUT2D eigenvalue weighted by Gasteiger charge is -2.27. The van der Waals surface area contributed by atoms with Crippen LogP contribution in [-0.2, 0) is 6.54 Å². The van der Waals surface area contributed by atoms with E-state index in [1.807, 2.05) is 4.90 Å². The molecule has 1 saturated heterocycles. The number of rotatable bonds is 5. The normalized spacial score (nSPS) is 14.6. The number of hydrogen-bond donors (Lipinski definition) is 1. The molecule has 0 bridgehead atoms. The molecule has 0 atom stereocenters. The molecule has 1 aliphatic heterocycles. The van der Waals surface area contributed by atoms with Crippen molar-refractivity contribution in [3.05, 3.63) is 52.3 Å². The van der Waals surface area contributed by atoms with Gasteiger partial charge >= 0.3 is 0 Å². The van der Waals surface area contributed by atoms with E-state index >= 15 is 0 Å². The molecule has 0 spiro atoms. The van der Waals surface area contributed by atoms with Crippen molar-refractivity contribution in [3.8, 4) is 5.75 Å². The molecule has 0 radical (unpaired) electrons. The summed E-state index contributed by atoms with van der Waals surface area (Å²) in [6.07, 6.45) is 3.01. The molecule has 25 heavy (non-hydrogen) atoms. The van der Waals surface area contributed by atoms with Crippen molar-refractivity contribution in [1.29, 1.82) is 0 Å². The van der Waals surface area contributed by atoms with Gasteiger partial charge in [0.05, 0.1) is 6.54 Å². The SMILES string of the molecule is O=c1c(N2CCNCC2)nccn1CCOc1cc(F)c(F)cc1F. The van der Waals surface area contributed by atoms with Gasteiger partial charge in [0.1, 0.15) is 6.61 Å². The van der Waals surface area contributed by atoms with E-state index in [1.54, 1.807) is 0 Å². The van der Waals surface area contributed by atoms with Gasteiger partial charge in [0, 0.05) is 50.7 Å². The minimum Gasteiger partial charge on any atom is -0.489 e. The average Bonchev–Trinajstić information content (AvgIpc) is 2.61. The van der Waals surface area contributed by atoms with E-state index in [9.17, 15) is 18.0 Å². The molecule has 1 aliphatic rings. The van der Waals surface area contributed by atoms with Crippen molar-refractivity contribution in [2.45, 2.75) is 6.54 Å². The van der Waals surface area contributed by atoms with Gasteiger partial charge in [-0.05, 0) is 0 Å². The molecule has 0 saturated carbocycles. The lowest BCUT2D eigenvalue weighted by Crippen LogP contribution is -2.46. The number of aromatic nitrogens is 2. The summed E-state index contributed by atoms with van der Waals surface area (Å²) in [5, 5.41) is 3.19. The lowest BCUT2D eigenvalue weighted by molar-refractivity contribution is 0.279. The maximum absolute atomic E-state index is 13.5. The van der Waals surface area contributed by atoms with Crippen LogP contribution in [0.4, 0.5) is 19.0 Å². The maximum atomic E-state index is 13.5. The standard InChI is InChI=1S/C16H17F3N4O2/c17-11-9-13(19)14(10-12(11)18)25-8-7-23-6-3-21-15(16(23)24)22-4-1-20-2-5-22/h3,6,9-10,20H,1-2,4-5,7-8H2. The van der Waals surface area contributed by atoms with Crippen LogP contribution in [0.1, 0.15) is 0 Å². The van der Waals surface area contributed by atoms with Crippen LogP contribution in [0.25, 0.3) is 0 Å². The molecule has 1 aromatic carbocycles. The van der Waals surface area contributed by atoms with E-state index < -0.39 is 23.2 Å². The van der Waals surface area contributed by atoms with Crippen LogP contribution < -0.4 is 20.5 Å². The summed E-state index contributed by atoms with van der Waals surface area (Å²) in [4.78, 5) is 18.5. The highest BCUT2D eigenvalue weighted by atomic mass is 19.2. The molecular formula is C16H17F3N4O2. The summed E-state index contributed by atoms with van der Waals surface area (Å²) in [5.41, 5.74) is -0.279. The van der Waals surface area contributed by atoms with Crippen LogP contribution in [0, 0.1) is 17.5 Å². The number of halogens is 3. The number of hydrogen-bond acceptors (Lipinski definition) is 5. The van der Waals surface area contributed by atoms with E-state index in [0.29, 0.717) is 31.0 Å². The van der Waals surface area contributed by atoms with E-state index in [-0.39, 0.29) is 18.7 Å². The first kappa shape index (κ1) is 17.3. The van der Waals surface area contributed by atoms with Crippen LogP contribution >= 0.6 is 0 Å². The van der Waals surface area contributed by atoms with Crippen molar-refractivity contribution >= 4 is 5.82 Å². The summed E-state index contributed by atoms with van der Waals surface area (Å²) in [7, 11) is 0. The zero-order valence-corrected chi connectivity index (χ0v) is 13.3. The van der Waals surface area contributed by atoms with E-state index in [2.05, 4.69) is 10.3 Å². The Kier molecular flexibility index (Phi) is 5.22. The zero-order valence-electron chi connectivity index (χ0n) is 13.3. The molecule has 1 aromatic heterocycles. The predicted molar refractivity (Wildman–Crippen MR) is 85.4 cm³/mol. The fourth-order valence-electron chi connectivity index (χ4n) is 2.57. The van der Waals surface area contributed by atoms with Gasteiger partial charge < -0.3 is 19.5 Å². The van der Waals surface area contributed by atoms with Gasteiger partial charge in [-0.3, -0.25) is 4.79 Å². The van der Waals surface area contributed by atoms with Crippen LogP contribution in [-0.4, -0.2) is 42.3 Å². The van der Waals surface area contributed by atoms with Gasteiger partial charge in [-0.2, -0.15) is 0 Å². The smallest absolute Gasteiger partial charge is 0.293 e. The monoisotopic (exact) mass is 354 g/mol. The Bertz CT molecular complexity index is 806. The van der Waals surface area contributed by atoms with Gasteiger partial charge in [-0.15, -0.1) is 0 Å². The first-order chi connectivity index (χ1) is 12.1. The van der Waals surface area contributed by atoms with Gasteiger partial charge in [0.2, 0.25) is 0 Å². The number of ether oxygens (including phenoxy) is 1.